The second kappa shape index (κ2) is 5.98. The summed E-state index contributed by atoms with van der Waals surface area (Å²) in [6.45, 7) is 9.43. The molecule has 2 heteroatoms. The van der Waals surface area contributed by atoms with Crippen LogP contribution in [0, 0.1) is 0 Å². The Balaban J connectivity index is 3.14. The van der Waals surface area contributed by atoms with Crippen molar-refractivity contribution in [3.63, 3.8) is 0 Å². The highest BCUT2D eigenvalue weighted by Crippen LogP contribution is 1.85. The van der Waals surface area contributed by atoms with Crippen LogP contribution in [0.2, 0.25) is 0 Å². The van der Waals surface area contributed by atoms with Gasteiger partial charge in [-0.25, -0.2) is 0 Å². The van der Waals surface area contributed by atoms with Gasteiger partial charge in [0.15, 0.2) is 0 Å². The smallest absolute Gasteiger partial charge is 0.0261 e. The Kier molecular flexibility index (Phi) is 5.57. The molecule has 0 aliphatic heterocycles. The second-order valence-electron chi connectivity index (χ2n) is 2.81. The van der Waals surface area contributed by atoms with Crippen molar-refractivity contribution in [2.45, 2.75) is 6.42 Å². The Morgan fingerprint density at radius 1 is 1.55 bits per heavy atom. The van der Waals surface area contributed by atoms with Crippen molar-refractivity contribution in [1.29, 1.82) is 0 Å². The molecule has 0 heterocycles. The lowest BCUT2D eigenvalue weighted by Crippen LogP contribution is -2.19. The van der Waals surface area contributed by atoms with Crippen molar-refractivity contribution < 1.29 is 0 Å². The normalized spacial score (nSPS) is 9.73. The third-order valence-electron chi connectivity index (χ3n) is 1.38. The summed E-state index contributed by atoms with van der Waals surface area (Å²) < 4.78 is 0. The lowest BCUT2D eigenvalue weighted by Gasteiger charge is -2.09. The largest absolute Gasteiger partial charge is 0.385 e. The summed E-state index contributed by atoms with van der Waals surface area (Å²) in [5.41, 5.74) is 0.906. The van der Waals surface area contributed by atoms with Crippen LogP contribution in [0.5, 0.6) is 0 Å². The Hall–Kier alpha value is -0.760. The van der Waals surface area contributed by atoms with Crippen LogP contribution in [-0.2, 0) is 0 Å². The maximum atomic E-state index is 3.75. The van der Waals surface area contributed by atoms with Crippen LogP contribution in [0.15, 0.2) is 24.9 Å². The molecule has 0 amide bonds. The van der Waals surface area contributed by atoms with Crippen LogP contribution in [0.25, 0.3) is 0 Å². The molecule has 11 heavy (non-hydrogen) atoms. The first-order valence-electron chi connectivity index (χ1n) is 3.86. The van der Waals surface area contributed by atoms with Gasteiger partial charge in [0.1, 0.15) is 0 Å². The number of hydrogen-bond acceptors (Lipinski definition) is 2. The van der Waals surface area contributed by atoms with Gasteiger partial charge in [-0.1, -0.05) is 13.2 Å². The molecule has 0 bridgehead atoms. The molecule has 0 aromatic carbocycles. The lowest BCUT2D eigenvalue weighted by molar-refractivity contribution is 0.398. The first-order valence-corrected chi connectivity index (χ1v) is 3.86. The van der Waals surface area contributed by atoms with E-state index in [-0.39, 0.29) is 0 Å². The highest BCUT2D eigenvalue weighted by Gasteiger charge is 1.89. The van der Waals surface area contributed by atoms with Gasteiger partial charge in [-0.05, 0) is 33.1 Å². The van der Waals surface area contributed by atoms with Gasteiger partial charge in [-0.2, -0.15) is 0 Å². The molecule has 0 aliphatic rings. The van der Waals surface area contributed by atoms with Crippen molar-refractivity contribution in [3.8, 4) is 0 Å². The Bertz CT molecular complexity index is 128. The van der Waals surface area contributed by atoms with Crippen LogP contribution in [0.3, 0.4) is 0 Å². The lowest BCUT2D eigenvalue weighted by atomic mass is 10.4. The van der Waals surface area contributed by atoms with Crippen LogP contribution in [-0.4, -0.2) is 32.1 Å². The predicted octanol–water partition coefficient (Wildman–Crippen LogP) is 1.23. The number of hydrogen-bond donors (Lipinski definition) is 1. The van der Waals surface area contributed by atoms with E-state index < -0.39 is 0 Å². The van der Waals surface area contributed by atoms with Crippen LogP contribution in [0.1, 0.15) is 6.42 Å². The van der Waals surface area contributed by atoms with E-state index in [0.29, 0.717) is 0 Å². The fourth-order valence-corrected chi connectivity index (χ4v) is 0.716. The number of rotatable bonds is 6. The Morgan fingerprint density at radius 3 is 2.64 bits per heavy atom. The third kappa shape index (κ3) is 7.13. The number of allylic oxidation sites excluding steroid dienone is 1. The van der Waals surface area contributed by atoms with Crippen molar-refractivity contribution in [2.75, 3.05) is 27.2 Å². The van der Waals surface area contributed by atoms with Gasteiger partial charge in [0.25, 0.3) is 0 Å². The fraction of sp³-hybridized carbons (Fsp3) is 0.556. The van der Waals surface area contributed by atoms with Gasteiger partial charge in [0, 0.05) is 12.2 Å². The molecule has 2 nitrogen and oxygen atoms in total. The average Bonchev–Trinajstić information content (AvgIpc) is 1.97. The number of nitrogens with zero attached hydrogens (tertiary/aromatic N) is 1. The summed E-state index contributed by atoms with van der Waals surface area (Å²) in [5.74, 6) is 0. The molecule has 0 aromatic rings. The summed E-state index contributed by atoms with van der Waals surface area (Å²) in [5, 5.41) is 3.15. The molecule has 64 valence electrons. The van der Waals surface area contributed by atoms with Gasteiger partial charge in [-0.15, -0.1) is 0 Å². The maximum Gasteiger partial charge on any atom is 0.0261 e. The summed E-state index contributed by atoms with van der Waals surface area (Å²) in [4.78, 5) is 2.17. The quantitative estimate of drug-likeness (QED) is 0.457. The molecule has 0 radical (unpaired) electrons. The zero-order valence-corrected chi connectivity index (χ0v) is 7.56. The zero-order valence-electron chi connectivity index (χ0n) is 7.56. The molecule has 0 unspecified atom stereocenters. The van der Waals surface area contributed by atoms with Gasteiger partial charge in [0.05, 0.1) is 0 Å². The minimum atomic E-state index is 0.906. The molecule has 0 rings (SSSR count). The molecule has 0 fully saturated rings. The van der Waals surface area contributed by atoms with Gasteiger partial charge >= 0.3 is 0 Å². The Labute approximate surface area is 69.6 Å². The molecule has 0 aromatic heterocycles. The van der Waals surface area contributed by atoms with Crippen LogP contribution >= 0.6 is 0 Å². The molecule has 0 saturated heterocycles. The molecule has 0 saturated carbocycles. The van der Waals surface area contributed by atoms with Crippen LogP contribution < -0.4 is 5.32 Å². The first-order chi connectivity index (χ1) is 5.16. The van der Waals surface area contributed by atoms with Gasteiger partial charge < -0.3 is 10.2 Å². The number of nitrogens with one attached hydrogen (secondary N) is 1. The van der Waals surface area contributed by atoms with Crippen molar-refractivity contribution in [2.24, 2.45) is 0 Å². The topological polar surface area (TPSA) is 15.3 Å². The molecule has 1 N–H and O–H groups in total. The first kappa shape index (κ1) is 10.2. The SMILES string of the molecule is C=CC(=C)NCCCN(C)C. The molecule has 0 spiro atoms. The minimum absolute atomic E-state index is 0.906. The maximum absolute atomic E-state index is 3.75. The average molecular weight is 154 g/mol. The third-order valence-corrected chi connectivity index (χ3v) is 1.38. The molecule has 0 aliphatic carbocycles. The minimum Gasteiger partial charge on any atom is -0.385 e. The van der Waals surface area contributed by atoms with E-state index in [2.05, 4.69) is 37.5 Å². The summed E-state index contributed by atoms with van der Waals surface area (Å²) in [6, 6.07) is 0. The highest BCUT2D eigenvalue weighted by atomic mass is 15.1. The van der Waals surface area contributed by atoms with E-state index in [1.54, 1.807) is 6.08 Å². The summed E-state index contributed by atoms with van der Waals surface area (Å²) in [7, 11) is 4.14. The van der Waals surface area contributed by atoms with E-state index in [1.165, 1.54) is 0 Å². The molecular weight excluding hydrogens is 136 g/mol. The predicted molar refractivity (Wildman–Crippen MR) is 50.5 cm³/mol. The fourth-order valence-electron chi connectivity index (χ4n) is 0.716. The van der Waals surface area contributed by atoms with Crippen molar-refractivity contribution >= 4 is 0 Å². The highest BCUT2D eigenvalue weighted by molar-refractivity contribution is 5.07. The van der Waals surface area contributed by atoms with Gasteiger partial charge in [-0.3, -0.25) is 0 Å². The van der Waals surface area contributed by atoms with E-state index >= 15 is 0 Å². The molecular formula is C9H18N2. The van der Waals surface area contributed by atoms with Crippen LogP contribution in [0.4, 0.5) is 0 Å². The van der Waals surface area contributed by atoms with Crippen molar-refractivity contribution in [3.05, 3.63) is 24.9 Å². The standard InChI is InChI=1S/C9H18N2/c1-5-9(2)10-7-6-8-11(3)4/h5,10H,1-2,6-8H2,3-4H3. The van der Waals surface area contributed by atoms with Crippen molar-refractivity contribution in [1.82, 2.24) is 10.2 Å². The summed E-state index contributed by atoms with van der Waals surface area (Å²) in [6.07, 6.45) is 2.87. The molecule has 0 atom stereocenters. The summed E-state index contributed by atoms with van der Waals surface area (Å²) >= 11 is 0. The van der Waals surface area contributed by atoms with E-state index in [9.17, 15) is 0 Å². The van der Waals surface area contributed by atoms with E-state index in [1.807, 2.05) is 0 Å². The monoisotopic (exact) mass is 154 g/mol. The van der Waals surface area contributed by atoms with Gasteiger partial charge in [0.2, 0.25) is 0 Å². The van der Waals surface area contributed by atoms with E-state index in [0.717, 1.165) is 25.2 Å². The second-order valence-corrected chi connectivity index (χ2v) is 2.81. The van der Waals surface area contributed by atoms with E-state index in [4.69, 9.17) is 0 Å². The Morgan fingerprint density at radius 2 is 2.18 bits per heavy atom. The zero-order chi connectivity index (χ0) is 8.69.